The first-order valence-electron chi connectivity index (χ1n) is 9.38. The number of aliphatic hydroxyl groups excluding tert-OH is 1. The van der Waals surface area contributed by atoms with Crippen LogP contribution in [0.2, 0.25) is 10.0 Å². The molecule has 4 aromatic rings. The van der Waals surface area contributed by atoms with E-state index < -0.39 is 12.5 Å². The van der Waals surface area contributed by atoms with Crippen LogP contribution in [-0.4, -0.2) is 48.9 Å². The summed E-state index contributed by atoms with van der Waals surface area (Å²) in [6.45, 7) is -0.371. The summed E-state index contributed by atoms with van der Waals surface area (Å²) in [6, 6.07) is 8.17. The molecule has 168 valence electrons. The minimum atomic E-state index is -2.86. The lowest BCUT2D eigenvalue weighted by Crippen LogP contribution is -2.27. The van der Waals surface area contributed by atoms with Gasteiger partial charge >= 0.3 is 0 Å². The number of nitrogens with zero attached hydrogens (tertiary/aromatic N) is 6. The number of aromatic nitrogens is 5. The van der Waals surface area contributed by atoms with Crippen molar-refractivity contribution < 1.29 is 13.9 Å². The quantitative estimate of drug-likeness (QED) is 0.352. The predicted octanol–water partition coefficient (Wildman–Crippen LogP) is 4.17. The molecule has 3 N–H and O–H groups in total. The van der Waals surface area contributed by atoms with Gasteiger partial charge in [-0.1, -0.05) is 23.2 Å². The number of anilines is 3. The largest absolute Gasteiger partial charge is 0.385 e. The number of rotatable bonds is 7. The smallest absolute Gasteiger partial charge is 0.265 e. The fourth-order valence-corrected chi connectivity index (χ4v) is 3.60. The predicted molar refractivity (Wildman–Crippen MR) is 119 cm³/mol. The standard InChI is InChI=1S/C20H14Cl2F2N8O/c21-12-1-10(5-25)2-13(22)19(12)32-14-3-17(26-6-11(14)7-30-32)31-18-4-16(28-9-29-18)27-8-15(33)20(23)24/h1-4,6-7,9,15,20,33H,8H2,(H2,26,27,28,29,31). The summed E-state index contributed by atoms with van der Waals surface area (Å²) in [7, 11) is 0. The van der Waals surface area contributed by atoms with Crippen molar-refractivity contribution in [2.24, 2.45) is 0 Å². The molecule has 0 radical (unpaired) electrons. The molecule has 33 heavy (non-hydrogen) atoms. The summed E-state index contributed by atoms with van der Waals surface area (Å²) in [5.74, 6) is 0.989. The Morgan fingerprint density at radius 1 is 1.03 bits per heavy atom. The van der Waals surface area contributed by atoms with Crippen LogP contribution < -0.4 is 10.6 Å². The van der Waals surface area contributed by atoms with Crippen molar-refractivity contribution in [2.75, 3.05) is 17.2 Å². The number of alkyl halides is 2. The van der Waals surface area contributed by atoms with Crippen molar-refractivity contribution >= 4 is 51.6 Å². The first-order chi connectivity index (χ1) is 15.9. The summed E-state index contributed by atoms with van der Waals surface area (Å²) in [5.41, 5.74) is 1.37. The van der Waals surface area contributed by atoms with Gasteiger partial charge in [-0.05, 0) is 12.1 Å². The number of hydrogen-bond acceptors (Lipinski definition) is 8. The lowest BCUT2D eigenvalue weighted by molar-refractivity contribution is 0.00381. The van der Waals surface area contributed by atoms with Crippen molar-refractivity contribution in [1.82, 2.24) is 24.7 Å². The highest BCUT2D eigenvalue weighted by Gasteiger charge is 2.17. The van der Waals surface area contributed by atoms with Gasteiger partial charge in [0.05, 0.1) is 33.4 Å². The maximum atomic E-state index is 12.5. The Kier molecular flexibility index (Phi) is 6.50. The Bertz CT molecular complexity index is 1330. The molecule has 1 unspecified atom stereocenters. The third-order valence-electron chi connectivity index (χ3n) is 4.52. The molecule has 13 heteroatoms. The molecule has 1 aromatic carbocycles. The Morgan fingerprint density at radius 3 is 2.42 bits per heavy atom. The van der Waals surface area contributed by atoms with Gasteiger partial charge in [-0.15, -0.1) is 0 Å². The fourth-order valence-electron chi connectivity index (χ4n) is 2.95. The van der Waals surface area contributed by atoms with E-state index in [0.717, 1.165) is 0 Å². The van der Waals surface area contributed by atoms with Crippen LogP contribution in [-0.2, 0) is 0 Å². The molecule has 0 spiro atoms. The molecular formula is C20H14Cl2F2N8O. The van der Waals surface area contributed by atoms with Gasteiger partial charge in [-0.25, -0.2) is 28.4 Å². The number of hydrogen-bond donors (Lipinski definition) is 3. The van der Waals surface area contributed by atoms with Gasteiger partial charge in [-0.2, -0.15) is 10.4 Å². The van der Waals surface area contributed by atoms with Gasteiger partial charge < -0.3 is 15.7 Å². The fraction of sp³-hybridized carbons (Fsp3) is 0.150. The van der Waals surface area contributed by atoms with Crippen molar-refractivity contribution in [3.63, 3.8) is 0 Å². The number of benzene rings is 1. The lowest BCUT2D eigenvalue weighted by Gasteiger charge is -2.12. The zero-order chi connectivity index (χ0) is 23.5. The van der Waals surface area contributed by atoms with Gasteiger partial charge in [0.25, 0.3) is 6.43 Å². The Morgan fingerprint density at radius 2 is 1.73 bits per heavy atom. The minimum absolute atomic E-state index is 0.245. The monoisotopic (exact) mass is 490 g/mol. The molecule has 0 amide bonds. The molecule has 0 fully saturated rings. The molecule has 0 aliphatic heterocycles. The van der Waals surface area contributed by atoms with E-state index in [1.807, 2.05) is 6.07 Å². The van der Waals surface area contributed by atoms with Crippen LogP contribution in [0.15, 0.2) is 43.0 Å². The van der Waals surface area contributed by atoms with Crippen LogP contribution in [0.1, 0.15) is 5.56 Å². The second-order valence-corrected chi connectivity index (χ2v) is 7.60. The highest BCUT2D eigenvalue weighted by Crippen LogP contribution is 2.32. The second kappa shape index (κ2) is 9.50. The Labute approximate surface area is 195 Å². The molecule has 0 aliphatic rings. The number of nitriles is 1. The molecule has 9 nitrogen and oxygen atoms in total. The highest BCUT2D eigenvalue weighted by atomic mass is 35.5. The molecule has 4 rings (SSSR count). The first-order valence-corrected chi connectivity index (χ1v) is 10.1. The van der Waals surface area contributed by atoms with Gasteiger partial charge in [0, 0.05) is 30.3 Å². The molecule has 0 bridgehead atoms. The van der Waals surface area contributed by atoms with E-state index in [-0.39, 0.29) is 22.4 Å². The molecule has 0 aliphatic carbocycles. The highest BCUT2D eigenvalue weighted by molar-refractivity contribution is 6.38. The average molecular weight is 491 g/mol. The summed E-state index contributed by atoms with van der Waals surface area (Å²) in [6.07, 6.45) is -0.264. The van der Waals surface area contributed by atoms with E-state index in [9.17, 15) is 13.9 Å². The van der Waals surface area contributed by atoms with E-state index in [0.29, 0.717) is 33.8 Å². The SMILES string of the molecule is N#Cc1cc(Cl)c(-n2ncc3cnc(Nc4cc(NCC(O)C(F)F)ncn4)cc32)c(Cl)c1. The molecule has 0 saturated heterocycles. The number of aliphatic hydroxyl groups is 1. The molecule has 3 heterocycles. The third-order valence-corrected chi connectivity index (χ3v) is 5.09. The van der Waals surface area contributed by atoms with E-state index in [2.05, 4.69) is 30.7 Å². The lowest BCUT2D eigenvalue weighted by atomic mass is 10.2. The summed E-state index contributed by atoms with van der Waals surface area (Å²) in [4.78, 5) is 12.3. The van der Waals surface area contributed by atoms with Crippen LogP contribution in [0.4, 0.5) is 26.2 Å². The Hall–Kier alpha value is -3.59. The average Bonchev–Trinajstić information content (AvgIpc) is 3.20. The van der Waals surface area contributed by atoms with Gasteiger partial charge in [0.2, 0.25) is 0 Å². The topological polar surface area (TPSA) is 125 Å². The maximum absolute atomic E-state index is 12.5. The number of fused-ring (bicyclic) bond motifs is 1. The van der Waals surface area contributed by atoms with Crippen LogP contribution in [0.3, 0.4) is 0 Å². The second-order valence-electron chi connectivity index (χ2n) is 6.78. The first kappa shape index (κ1) is 22.6. The normalized spacial score (nSPS) is 12.0. The van der Waals surface area contributed by atoms with Crippen molar-refractivity contribution in [1.29, 1.82) is 5.26 Å². The molecule has 1 atom stereocenters. The van der Waals surface area contributed by atoms with E-state index in [1.54, 1.807) is 18.5 Å². The van der Waals surface area contributed by atoms with Crippen LogP contribution in [0, 0.1) is 11.3 Å². The van der Waals surface area contributed by atoms with E-state index >= 15 is 0 Å². The number of pyridine rings is 1. The molecular weight excluding hydrogens is 477 g/mol. The van der Waals surface area contributed by atoms with Crippen LogP contribution in [0.5, 0.6) is 0 Å². The van der Waals surface area contributed by atoms with Gasteiger partial charge in [0.15, 0.2) is 0 Å². The minimum Gasteiger partial charge on any atom is -0.385 e. The zero-order valence-electron chi connectivity index (χ0n) is 16.5. The van der Waals surface area contributed by atoms with Crippen LogP contribution in [0.25, 0.3) is 16.6 Å². The van der Waals surface area contributed by atoms with Gasteiger partial charge in [-0.3, -0.25) is 0 Å². The summed E-state index contributed by atoms with van der Waals surface area (Å²) in [5, 5.41) is 29.5. The zero-order valence-corrected chi connectivity index (χ0v) is 18.1. The summed E-state index contributed by atoms with van der Waals surface area (Å²) >= 11 is 12.7. The van der Waals surface area contributed by atoms with E-state index in [4.69, 9.17) is 28.5 Å². The van der Waals surface area contributed by atoms with Crippen molar-refractivity contribution in [3.05, 3.63) is 58.6 Å². The van der Waals surface area contributed by atoms with Crippen LogP contribution >= 0.6 is 23.2 Å². The number of halogens is 4. The maximum Gasteiger partial charge on any atom is 0.265 e. The number of nitrogens with one attached hydrogen (secondary N) is 2. The third kappa shape index (κ3) is 4.93. The van der Waals surface area contributed by atoms with Crippen molar-refractivity contribution in [2.45, 2.75) is 12.5 Å². The van der Waals surface area contributed by atoms with Crippen molar-refractivity contribution in [3.8, 4) is 11.8 Å². The molecule has 0 saturated carbocycles. The van der Waals surface area contributed by atoms with Gasteiger partial charge in [0.1, 0.15) is 35.6 Å². The summed E-state index contributed by atoms with van der Waals surface area (Å²) < 4.78 is 26.5. The molecule has 3 aromatic heterocycles. The Balaban J connectivity index is 1.62. The van der Waals surface area contributed by atoms with E-state index in [1.165, 1.54) is 29.2 Å².